The number of aromatic nitrogens is 1. The van der Waals surface area contributed by atoms with Gasteiger partial charge in [-0.15, -0.1) is 0 Å². The smallest absolute Gasteiger partial charge is 0.257 e. The van der Waals surface area contributed by atoms with Crippen LogP contribution in [0.1, 0.15) is 39.8 Å². The van der Waals surface area contributed by atoms with E-state index in [0.29, 0.717) is 23.5 Å². The molecule has 1 aliphatic carbocycles. The van der Waals surface area contributed by atoms with Crippen LogP contribution >= 0.6 is 0 Å². The van der Waals surface area contributed by atoms with E-state index in [0.717, 1.165) is 17.8 Å². The number of para-hydroxylation sites is 1. The average molecular weight is 268 g/mol. The Bertz CT molecular complexity index is 658. The second kappa shape index (κ2) is 4.96. The Morgan fingerprint density at radius 3 is 2.75 bits per heavy atom. The van der Waals surface area contributed by atoms with Crippen molar-refractivity contribution in [2.24, 2.45) is 5.92 Å². The van der Waals surface area contributed by atoms with Crippen molar-refractivity contribution in [2.45, 2.75) is 19.8 Å². The molecule has 2 aromatic rings. The van der Waals surface area contributed by atoms with Gasteiger partial charge in [0, 0.05) is 24.0 Å². The molecule has 1 aliphatic rings. The zero-order valence-electron chi connectivity index (χ0n) is 11.3. The van der Waals surface area contributed by atoms with E-state index in [9.17, 15) is 9.59 Å². The predicted octanol–water partition coefficient (Wildman–Crippen LogP) is 3.03. The summed E-state index contributed by atoms with van der Waals surface area (Å²) in [7, 11) is 0. The number of Topliss-reactive ketones (excluding diaryl/α,β-unsaturated/α-hetero) is 1. The molecule has 0 fully saturated rings. The number of carbonyl (C=O) groups is 2. The van der Waals surface area contributed by atoms with Crippen LogP contribution in [-0.2, 0) is 6.42 Å². The molecule has 0 saturated heterocycles. The lowest BCUT2D eigenvalue weighted by atomic mass is 9.86. The molecule has 1 unspecified atom stereocenters. The topological polar surface area (TPSA) is 62.0 Å². The molecular weight excluding hydrogens is 252 g/mol. The highest BCUT2D eigenvalue weighted by Crippen LogP contribution is 2.27. The number of carbonyl (C=O) groups excluding carboxylic acids is 2. The van der Waals surface area contributed by atoms with Crippen molar-refractivity contribution in [1.82, 2.24) is 4.98 Å². The molecule has 1 heterocycles. The predicted molar refractivity (Wildman–Crippen MR) is 77.0 cm³/mol. The molecule has 0 aliphatic heterocycles. The second-order valence-corrected chi connectivity index (χ2v) is 5.31. The summed E-state index contributed by atoms with van der Waals surface area (Å²) in [5, 5.41) is 2.82. The van der Waals surface area contributed by atoms with E-state index in [-0.39, 0.29) is 11.7 Å². The molecule has 0 saturated carbocycles. The van der Waals surface area contributed by atoms with Crippen molar-refractivity contribution >= 4 is 17.4 Å². The Hall–Kier alpha value is -2.36. The summed E-state index contributed by atoms with van der Waals surface area (Å²) in [5.41, 5.74) is 2.62. The number of amides is 1. The van der Waals surface area contributed by atoms with Crippen LogP contribution in [0.2, 0.25) is 0 Å². The fraction of sp³-hybridized carbons (Fsp3) is 0.250. The molecule has 2 N–H and O–H groups in total. The van der Waals surface area contributed by atoms with Gasteiger partial charge in [0.25, 0.3) is 5.91 Å². The maximum atomic E-state index is 12.3. The molecule has 1 aromatic carbocycles. The van der Waals surface area contributed by atoms with Gasteiger partial charge in [-0.05, 0) is 24.5 Å². The zero-order valence-corrected chi connectivity index (χ0v) is 11.3. The van der Waals surface area contributed by atoms with Crippen LogP contribution in [0.4, 0.5) is 5.69 Å². The van der Waals surface area contributed by atoms with Crippen molar-refractivity contribution in [3.63, 3.8) is 0 Å². The number of rotatable bonds is 2. The first kappa shape index (κ1) is 12.7. The van der Waals surface area contributed by atoms with Gasteiger partial charge in [0.2, 0.25) is 0 Å². The number of fused-ring (bicyclic) bond motifs is 1. The summed E-state index contributed by atoms with van der Waals surface area (Å²) >= 11 is 0. The summed E-state index contributed by atoms with van der Waals surface area (Å²) in [5.74, 6) is 0.147. The third kappa shape index (κ3) is 2.25. The third-order valence-electron chi connectivity index (χ3n) is 3.60. The van der Waals surface area contributed by atoms with E-state index in [2.05, 4.69) is 10.3 Å². The lowest BCUT2D eigenvalue weighted by Gasteiger charge is -2.17. The van der Waals surface area contributed by atoms with Gasteiger partial charge >= 0.3 is 0 Å². The van der Waals surface area contributed by atoms with Gasteiger partial charge in [-0.3, -0.25) is 9.59 Å². The molecule has 1 aromatic heterocycles. The van der Waals surface area contributed by atoms with Crippen LogP contribution in [0.15, 0.2) is 36.5 Å². The fourth-order valence-electron chi connectivity index (χ4n) is 2.68. The number of hydrogen-bond donors (Lipinski definition) is 2. The summed E-state index contributed by atoms with van der Waals surface area (Å²) in [4.78, 5) is 27.5. The van der Waals surface area contributed by atoms with E-state index in [4.69, 9.17) is 0 Å². The summed E-state index contributed by atoms with van der Waals surface area (Å²) in [6.07, 6.45) is 2.97. The van der Waals surface area contributed by atoms with Gasteiger partial charge in [0.05, 0.1) is 11.1 Å². The van der Waals surface area contributed by atoms with Crippen molar-refractivity contribution in [3.8, 4) is 0 Å². The standard InChI is InChI=1S/C16H16N2O2/c1-10-7-13-15(14(19)8-10)12(9-17-13)16(20)18-11-5-3-2-4-6-11/h2-6,9-10,17H,7-8H2,1H3,(H,18,20). The molecule has 0 radical (unpaired) electrons. The average Bonchev–Trinajstić information content (AvgIpc) is 2.84. The zero-order chi connectivity index (χ0) is 14.1. The monoisotopic (exact) mass is 268 g/mol. The largest absolute Gasteiger partial charge is 0.364 e. The third-order valence-corrected chi connectivity index (χ3v) is 3.60. The van der Waals surface area contributed by atoms with Crippen LogP contribution in [-0.4, -0.2) is 16.7 Å². The highest BCUT2D eigenvalue weighted by Gasteiger charge is 2.28. The van der Waals surface area contributed by atoms with Gasteiger partial charge < -0.3 is 10.3 Å². The van der Waals surface area contributed by atoms with Crippen LogP contribution in [0.3, 0.4) is 0 Å². The summed E-state index contributed by atoms with van der Waals surface area (Å²) in [6, 6.07) is 9.24. The van der Waals surface area contributed by atoms with Crippen LogP contribution < -0.4 is 5.32 Å². The highest BCUT2D eigenvalue weighted by atomic mass is 16.2. The van der Waals surface area contributed by atoms with Gasteiger partial charge in [-0.25, -0.2) is 0 Å². The molecule has 1 amide bonds. The van der Waals surface area contributed by atoms with E-state index < -0.39 is 0 Å². The lowest BCUT2D eigenvalue weighted by Crippen LogP contribution is -2.21. The Kier molecular flexibility index (Phi) is 3.14. The van der Waals surface area contributed by atoms with E-state index in [1.807, 2.05) is 37.3 Å². The first-order valence-corrected chi connectivity index (χ1v) is 6.75. The number of aromatic amines is 1. The second-order valence-electron chi connectivity index (χ2n) is 5.31. The first-order chi connectivity index (χ1) is 9.65. The first-order valence-electron chi connectivity index (χ1n) is 6.75. The van der Waals surface area contributed by atoms with Gasteiger partial charge in [0.15, 0.2) is 5.78 Å². The Balaban J connectivity index is 1.88. The molecule has 0 bridgehead atoms. The number of hydrogen-bond acceptors (Lipinski definition) is 2. The van der Waals surface area contributed by atoms with E-state index in [1.165, 1.54) is 0 Å². The minimum Gasteiger partial charge on any atom is -0.364 e. The molecule has 4 nitrogen and oxygen atoms in total. The van der Waals surface area contributed by atoms with Crippen LogP contribution in [0.5, 0.6) is 0 Å². The maximum Gasteiger partial charge on any atom is 0.257 e. The molecule has 4 heteroatoms. The Labute approximate surface area is 117 Å². The minimum absolute atomic E-state index is 0.0539. The summed E-state index contributed by atoms with van der Waals surface area (Å²) < 4.78 is 0. The minimum atomic E-state index is -0.239. The van der Waals surface area contributed by atoms with Crippen molar-refractivity contribution in [3.05, 3.63) is 53.3 Å². The molecule has 0 spiro atoms. The van der Waals surface area contributed by atoms with Gasteiger partial charge in [-0.1, -0.05) is 25.1 Å². The van der Waals surface area contributed by atoms with Gasteiger partial charge in [0.1, 0.15) is 0 Å². The quantitative estimate of drug-likeness (QED) is 0.879. The maximum absolute atomic E-state index is 12.3. The SMILES string of the molecule is CC1CC(=O)c2c(C(=O)Nc3ccccc3)c[nH]c2C1. The van der Waals surface area contributed by atoms with E-state index in [1.54, 1.807) is 6.20 Å². The normalized spacial score (nSPS) is 17.6. The number of ketones is 1. The van der Waals surface area contributed by atoms with Crippen LogP contribution in [0, 0.1) is 5.92 Å². The molecular formula is C16H16N2O2. The number of anilines is 1. The van der Waals surface area contributed by atoms with Gasteiger partial charge in [-0.2, -0.15) is 0 Å². The van der Waals surface area contributed by atoms with Crippen LogP contribution in [0.25, 0.3) is 0 Å². The molecule has 3 rings (SSSR count). The number of H-pyrrole nitrogens is 1. The van der Waals surface area contributed by atoms with Crippen molar-refractivity contribution < 1.29 is 9.59 Å². The molecule has 20 heavy (non-hydrogen) atoms. The van der Waals surface area contributed by atoms with Crippen molar-refractivity contribution in [2.75, 3.05) is 5.32 Å². The highest BCUT2D eigenvalue weighted by molar-refractivity contribution is 6.13. The molecule has 1 atom stereocenters. The van der Waals surface area contributed by atoms with Crippen molar-refractivity contribution in [1.29, 1.82) is 0 Å². The van der Waals surface area contributed by atoms with E-state index >= 15 is 0 Å². The Morgan fingerprint density at radius 1 is 1.25 bits per heavy atom. The number of nitrogens with one attached hydrogen (secondary N) is 2. The fourth-order valence-corrected chi connectivity index (χ4v) is 2.68. The number of benzene rings is 1. The lowest BCUT2D eigenvalue weighted by molar-refractivity contribution is 0.0940. The Morgan fingerprint density at radius 2 is 2.00 bits per heavy atom. The molecule has 102 valence electrons. The summed E-state index contributed by atoms with van der Waals surface area (Å²) in [6.45, 7) is 2.05.